The summed E-state index contributed by atoms with van der Waals surface area (Å²) in [6.45, 7) is 1.67. The Balaban J connectivity index is 0.000000182. The molecule has 0 unspecified atom stereocenters. The summed E-state index contributed by atoms with van der Waals surface area (Å²) in [6.07, 6.45) is 6.19. The number of nitrogens with one attached hydrogen (secondary N) is 1. The molecule has 1 saturated heterocycles. The molecule has 3 aromatic rings. The molecule has 1 N–H and O–H groups in total. The highest BCUT2D eigenvalue weighted by Gasteiger charge is 2.46. The summed E-state index contributed by atoms with van der Waals surface area (Å²) in [5.74, 6) is -1.50. The lowest BCUT2D eigenvalue weighted by molar-refractivity contribution is -0.129. The van der Waals surface area contributed by atoms with Crippen molar-refractivity contribution in [1.29, 1.82) is 5.26 Å². The first-order chi connectivity index (χ1) is 19.7. The number of rotatable bonds is 5. The monoisotopic (exact) mass is 584 g/mol. The highest BCUT2D eigenvalue weighted by Crippen LogP contribution is 2.38. The van der Waals surface area contributed by atoms with Gasteiger partial charge in [-0.25, -0.2) is 22.8 Å². The van der Waals surface area contributed by atoms with Crippen LogP contribution in [0.4, 0.5) is 18.9 Å². The van der Waals surface area contributed by atoms with Crippen molar-refractivity contribution < 1.29 is 22.2 Å². The average Bonchev–Trinajstić information content (AvgIpc) is 3.57. The third-order valence-electron chi connectivity index (χ3n) is 7.69. The molecule has 1 amide bonds. The molecule has 8 nitrogen and oxygen atoms in total. The lowest BCUT2D eigenvalue weighted by Gasteiger charge is -2.28. The number of halogens is 3. The van der Waals surface area contributed by atoms with Crippen LogP contribution in [0.2, 0.25) is 0 Å². The lowest BCUT2D eigenvalue weighted by atomic mass is 9.86. The van der Waals surface area contributed by atoms with Crippen LogP contribution >= 0.6 is 0 Å². The van der Waals surface area contributed by atoms with Crippen molar-refractivity contribution in [2.75, 3.05) is 29.5 Å². The largest absolute Gasteiger partial charge is 0.370 e. The van der Waals surface area contributed by atoms with Gasteiger partial charge in [0.05, 0.1) is 18.5 Å². The fourth-order valence-electron chi connectivity index (χ4n) is 4.89. The van der Waals surface area contributed by atoms with Gasteiger partial charge in [0.1, 0.15) is 11.4 Å². The van der Waals surface area contributed by atoms with E-state index in [0.29, 0.717) is 18.7 Å². The SMILES string of the molecule is N#CC1(NC(=O)C2CCC(F)(F)CC2)CC1.O=S1CCN(c2ccc(-c3cnn(-c4ccc(F)cn4)c3)cc2)CC1. The predicted octanol–water partition coefficient (Wildman–Crippen LogP) is 4.63. The van der Waals surface area contributed by atoms with Gasteiger partial charge in [-0.15, -0.1) is 0 Å². The molecular weight excluding hydrogens is 553 g/mol. The molecule has 12 heteroatoms. The van der Waals surface area contributed by atoms with Gasteiger partial charge in [-0.2, -0.15) is 10.4 Å². The van der Waals surface area contributed by atoms with Gasteiger partial charge in [0, 0.05) is 71.6 Å². The van der Waals surface area contributed by atoms with Crippen molar-refractivity contribution in [3.8, 4) is 23.0 Å². The standard InChI is InChI=1S/C18H17FN4OS.C11H14F2N2O/c19-16-3-6-18(20-12-16)23-13-15(11-21-23)14-1-4-17(5-2-14)22-7-9-25(24)10-8-22;12-11(13)3-1-8(2-4-11)9(16)15-10(7-14)5-6-10/h1-6,11-13H,7-10H2;8H,1-6H2,(H,15,16). The number of alkyl halides is 2. The number of carbonyl (C=O) groups excluding carboxylic acids is 1. The van der Waals surface area contributed by atoms with E-state index in [1.54, 1.807) is 16.9 Å². The van der Waals surface area contributed by atoms with E-state index in [-0.39, 0.29) is 43.3 Å². The fraction of sp³-hybridized carbons (Fsp3) is 0.448. The Morgan fingerprint density at radius 3 is 2.27 bits per heavy atom. The van der Waals surface area contributed by atoms with Crippen LogP contribution in [0.5, 0.6) is 0 Å². The van der Waals surface area contributed by atoms with Gasteiger partial charge in [0.2, 0.25) is 11.8 Å². The number of pyridine rings is 1. The van der Waals surface area contributed by atoms with E-state index in [9.17, 15) is 22.2 Å². The minimum absolute atomic E-state index is 0.218. The number of amides is 1. The van der Waals surface area contributed by atoms with Gasteiger partial charge >= 0.3 is 0 Å². The maximum atomic E-state index is 13.0. The number of anilines is 1. The average molecular weight is 585 g/mol. The van der Waals surface area contributed by atoms with E-state index in [0.717, 1.165) is 41.4 Å². The third kappa shape index (κ3) is 7.33. The number of carbonyl (C=O) groups is 1. The highest BCUT2D eigenvalue weighted by molar-refractivity contribution is 7.85. The molecule has 41 heavy (non-hydrogen) atoms. The molecule has 2 saturated carbocycles. The summed E-state index contributed by atoms with van der Waals surface area (Å²) < 4.78 is 51.8. The molecule has 0 spiro atoms. The van der Waals surface area contributed by atoms with Crippen LogP contribution in [0.25, 0.3) is 16.9 Å². The Labute approximate surface area is 239 Å². The molecule has 6 rings (SSSR count). The highest BCUT2D eigenvalue weighted by atomic mass is 32.2. The van der Waals surface area contributed by atoms with Gasteiger partial charge in [-0.05, 0) is 55.5 Å². The first-order valence-corrected chi connectivity index (χ1v) is 15.1. The molecule has 0 atom stereocenters. The Hall–Kier alpha value is -3.72. The van der Waals surface area contributed by atoms with Crippen molar-refractivity contribution in [2.24, 2.45) is 5.92 Å². The Morgan fingerprint density at radius 2 is 1.68 bits per heavy atom. The summed E-state index contributed by atoms with van der Waals surface area (Å²) in [5, 5.41) is 15.8. The van der Waals surface area contributed by atoms with E-state index in [1.165, 1.54) is 12.3 Å². The number of aromatic nitrogens is 3. The summed E-state index contributed by atoms with van der Waals surface area (Å²) in [5.41, 5.74) is 2.49. The van der Waals surface area contributed by atoms with Crippen LogP contribution in [0.3, 0.4) is 0 Å². The minimum Gasteiger partial charge on any atom is -0.370 e. The molecule has 2 aliphatic carbocycles. The Kier molecular flexibility index (Phi) is 8.45. The van der Waals surface area contributed by atoms with Crippen molar-refractivity contribution >= 4 is 22.4 Å². The van der Waals surface area contributed by atoms with E-state index < -0.39 is 22.3 Å². The minimum atomic E-state index is -2.61. The Bertz CT molecular complexity index is 1410. The van der Waals surface area contributed by atoms with Crippen LogP contribution in [0, 0.1) is 23.1 Å². The maximum Gasteiger partial charge on any atom is 0.248 e. The number of nitrogens with zero attached hydrogens (tertiary/aromatic N) is 5. The zero-order chi connectivity index (χ0) is 29.0. The quantitative estimate of drug-likeness (QED) is 0.469. The van der Waals surface area contributed by atoms with Gasteiger partial charge in [0.25, 0.3) is 0 Å². The van der Waals surface area contributed by atoms with E-state index in [1.807, 2.05) is 6.20 Å². The second-order valence-corrected chi connectivity index (χ2v) is 12.4. The number of hydrogen-bond donors (Lipinski definition) is 1. The molecule has 1 aliphatic heterocycles. The third-order valence-corrected chi connectivity index (χ3v) is 8.96. The van der Waals surface area contributed by atoms with Gasteiger partial charge < -0.3 is 10.2 Å². The second kappa shape index (κ2) is 12.0. The maximum absolute atomic E-state index is 13.0. The van der Waals surface area contributed by atoms with Crippen LogP contribution in [-0.2, 0) is 15.6 Å². The summed E-state index contributed by atoms with van der Waals surface area (Å²) in [4.78, 5) is 18.0. The fourth-order valence-corrected chi connectivity index (χ4v) is 5.94. The molecule has 0 bridgehead atoms. The van der Waals surface area contributed by atoms with Crippen LogP contribution in [-0.4, -0.2) is 60.9 Å². The number of hydrogen-bond acceptors (Lipinski definition) is 6. The molecule has 0 radical (unpaired) electrons. The number of benzene rings is 1. The molecule has 3 fully saturated rings. The zero-order valence-corrected chi connectivity index (χ0v) is 23.3. The topological polar surface area (TPSA) is 104 Å². The summed E-state index contributed by atoms with van der Waals surface area (Å²) >= 11 is 0. The van der Waals surface area contributed by atoms with Gasteiger partial charge in [-0.1, -0.05) is 12.1 Å². The molecule has 3 heterocycles. The van der Waals surface area contributed by atoms with Crippen molar-refractivity contribution in [1.82, 2.24) is 20.1 Å². The van der Waals surface area contributed by atoms with Gasteiger partial charge in [0.15, 0.2) is 5.82 Å². The first-order valence-electron chi connectivity index (χ1n) is 13.6. The second-order valence-electron chi connectivity index (χ2n) is 10.7. The van der Waals surface area contributed by atoms with Crippen molar-refractivity contribution in [2.45, 2.75) is 50.0 Å². The smallest absolute Gasteiger partial charge is 0.248 e. The van der Waals surface area contributed by atoms with Crippen molar-refractivity contribution in [3.05, 3.63) is 60.8 Å². The van der Waals surface area contributed by atoms with Crippen molar-refractivity contribution in [3.63, 3.8) is 0 Å². The van der Waals surface area contributed by atoms with E-state index in [4.69, 9.17) is 5.26 Å². The molecule has 2 aromatic heterocycles. The predicted molar refractivity (Wildman–Crippen MR) is 149 cm³/mol. The summed E-state index contributed by atoms with van der Waals surface area (Å²) in [7, 11) is -0.668. The number of nitriles is 1. The van der Waals surface area contributed by atoms with Gasteiger partial charge in [-0.3, -0.25) is 9.00 Å². The zero-order valence-electron chi connectivity index (χ0n) is 22.4. The normalized spacial score (nSPS) is 19.9. The molecule has 3 aliphatic rings. The lowest BCUT2D eigenvalue weighted by Crippen LogP contribution is -2.42. The summed E-state index contributed by atoms with van der Waals surface area (Å²) in [6, 6.07) is 13.3. The Morgan fingerprint density at radius 1 is 1.00 bits per heavy atom. The van der Waals surface area contributed by atoms with E-state index >= 15 is 0 Å². The first kappa shape index (κ1) is 28.8. The van der Waals surface area contributed by atoms with E-state index in [2.05, 4.69) is 50.6 Å². The molecule has 1 aromatic carbocycles. The molecule has 216 valence electrons. The molecular formula is C29H31F3N6O2S. The van der Waals surface area contributed by atoms with Crippen LogP contribution in [0.15, 0.2) is 55.0 Å². The van der Waals surface area contributed by atoms with Crippen LogP contribution in [0.1, 0.15) is 38.5 Å². The van der Waals surface area contributed by atoms with Crippen LogP contribution < -0.4 is 10.2 Å².